The fourth-order valence-corrected chi connectivity index (χ4v) is 2.41. The van der Waals surface area contributed by atoms with Crippen molar-refractivity contribution in [2.75, 3.05) is 7.11 Å². The maximum atomic E-state index is 12.5. The van der Waals surface area contributed by atoms with Crippen molar-refractivity contribution in [1.29, 1.82) is 0 Å². The summed E-state index contributed by atoms with van der Waals surface area (Å²) in [5, 5.41) is 25.9. The Balaban J connectivity index is 0.00000242. The molecule has 0 aliphatic carbocycles. The molecule has 0 spiro atoms. The Morgan fingerprint density at radius 2 is 1.45 bits per heavy atom. The first-order valence-electron chi connectivity index (χ1n) is 9.22. The fraction of sp³-hybridized carbons (Fsp3) is 0.611. The van der Waals surface area contributed by atoms with E-state index < -0.39 is 67.0 Å². The van der Waals surface area contributed by atoms with Gasteiger partial charge in [-0.05, 0) is 12.1 Å². The van der Waals surface area contributed by atoms with Crippen LogP contribution in [0.25, 0.3) is 0 Å². The minimum Gasteiger partial charge on any atom is -0.448 e. The maximum absolute atomic E-state index is 12.5. The van der Waals surface area contributed by atoms with Crippen molar-refractivity contribution < 1.29 is 64.7 Å². The lowest BCUT2D eigenvalue weighted by Gasteiger charge is -2.27. The number of ether oxygens (including phenoxy) is 3. The van der Waals surface area contributed by atoms with E-state index in [1.54, 1.807) is 0 Å². The van der Waals surface area contributed by atoms with Crippen LogP contribution in [0, 0.1) is 0 Å². The topological polar surface area (TPSA) is 101 Å². The number of aliphatic imine (C=N–C) groups is 1. The molecule has 1 aromatic rings. The standard InChI is InChI=1S/C15H13F8NO5.C2H6.CH4O/c16-12(17)10(25)3-7-4-11(26)27-13(24-7)6-1-8(28-14(18,19)20)5-9(2-6)29-15(21,22)23;2*1-2/h1-2,5,7,10-12,25-26H,3-4H2;1-2H3;2H,1H3. The zero-order valence-electron chi connectivity index (χ0n) is 17.5. The zero-order valence-corrected chi connectivity index (χ0v) is 17.5. The van der Waals surface area contributed by atoms with Gasteiger partial charge in [0.25, 0.3) is 6.43 Å². The van der Waals surface area contributed by atoms with Gasteiger partial charge in [-0.25, -0.2) is 13.8 Å². The van der Waals surface area contributed by atoms with Gasteiger partial charge in [0.15, 0.2) is 0 Å². The van der Waals surface area contributed by atoms with Crippen LogP contribution < -0.4 is 9.47 Å². The number of aliphatic hydroxyl groups excluding tert-OH is 3. The molecule has 1 heterocycles. The molecule has 7 nitrogen and oxygen atoms in total. The third-order valence-corrected chi connectivity index (χ3v) is 3.42. The van der Waals surface area contributed by atoms with Crippen molar-refractivity contribution in [1.82, 2.24) is 0 Å². The second-order valence-electron chi connectivity index (χ2n) is 5.82. The van der Waals surface area contributed by atoms with Crippen molar-refractivity contribution in [2.24, 2.45) is 4.99 Å². The number of hydrogen-bond acceptors (Lipinski definition) is 7. The summed E-state index contributed by atoms with van der Waals surface area (Å²) >= 11 is 0. The molecule has 0 saturated carbocycles. The van der Waals surface area contributed by atoms with Crippen LogP contribution in [-0.4, -0.2) is 65.9 Å². The molecule has 33 heavy (non-hydrogen) atoms. The van der Waals surface area contributed by atoms with Crippen LogP contribution in [0.3, 0.4) is 0 Å². The second kappa shape index (κ2) is 13.3. The van der Waals surface area contributed by atoms with Crippen LogP contribution in [0.2, 0.25) is 0 Å². The highest BCUT2D eigenvalue weighted by molar-refractivity contribution is 5.95. The molecule has 3 atom stereocenters. The predicted octanol–water partition coefficient (Wildman–Crippen LogP) is 3.99. The fourth-order valence-electron chi connectivity index (χ4n) is 2.41. The van der Waals surface area contributed by atoms with Gasteiger partial charge in [-0.2, -0.15) is 0 Å². The van der Waals surface area contributed by atoms with E-state index in [0.29, 0.717) is 18.2 Å². The van der Waals surface area contributed by atoms with Crippen molar-refractivity contribution in [2.45, 2.75) is 64.3 Å². The van der Waals surface area contributed by atoms with Gasteiger partial charge in [0.2, 0.25) is 12.2 Å². The summed E-state index contributed by atoms with van der Waals surface area (Å²) in [7, 11) is 1.00. The Labute approximate surface area is 183 Å². The van der Waals surface area contributed by atoms with Crippen molar-refractivity contribution >= 4 is 5.90 Å². The Bertz CT molecular complexity index is 707. The smallest absolute Gasteiger partial charge is 0.448 e. The highest BCUT2D eigenvalue weighted by Gasteiger charge is 2.35. The van der Waals surface area contributed by atoms with Crippen LogP contribution in [0.5, 0.6) is 11.5 Å². The lowest BCUT2D eigenvalue weighted by molar-refractivity contribution is -0.276. The molecule has 0 aromatic heterocycles. The van der Waals surface area contributed by atoms with Gasteiger partial charge in [-0.3, -0.25) is 0 Å². The monoisotopic (exact) mass is 501 g/mol. The second-order valence-corrected chi connectivity index (χ2v) is 5.82. The lowest BCUT2D eigenvalue weighted by atomic mass is 10.0. The number of alkyl halides is 8. The SMILES string of the molecule is CC.CO.OC1CC(CC(O)C(F)F)N=C(c2cc(OC(F)(F)F)cc(OC(F)(F)F)c2)O1. The molecule has 1 aliphatic heterocycles. The van der Waals surface area contributed by atoms with E-state index in [1.165, 1.54) is 0 Å². The summed E-state index contributed by atoms with van der Waals surface area (Å²) in [6.45, 7) is 4.00. The highest BCUT2D eigenvalue weighted by Crippen LogP contribution is 2.33. The van der Waals surface area contributed by atoms with E-state index in [1.807, 2.05) is 13.8 Å². The number of hydrogen-bond donors (Lipinski definition) is 3. The molecule has 3 N–H and O–H groups in total. The average molecular weight is 501 g/mol. The molecule has 2 rings (SSSR count). The Kier molecular flexibility index (Phi) is 12.4. The van der Waals surface area contributed by atoms with Crippen LogP contribution in [0.15, 0.2) is 23.2 Å². The van der Waals surface area contributed by atoms with E-state index in [0.717, 1.165) is 7.11 Å². The van der Waals surface area contributed by atoms with Crippen LogP contribution in [0.1, 0.15) is 32.3 Å². The molecule has 0 saturated heterocycles. The van der Waals surface area contributed by atoms with Gasteiger partial charge in [-0.1, -0.05) is 13.8 Å². The van der Waals surface area contributed by atoms with Crippen LogP contribution >= 0.6 is 0 Å². The lowest BCUT2D eigenvalue weighted by Crippen LogP contribution is -2.33. The highest BCUT2D eigenvalue weighted by atomic mass is 19.4. The number of rotatable bonds is 6. The van der Waals surface area contributed by atoms with Gasteiger partial charge in [-0.15, -0.1) is 26.3 Å². The molecule has 0 radical (unpaired) electrons. The van der Waals surface area contributed by atoms with Gasteiger partial charge in [0.1, 0.15) is 17.6 Å². The first-order valence-corrected chi connectivity index (χ1v) is 9.22. The summed E-state index contributed by atoms with van der Waals surface area (Å²) in [5.74, 6) is -2.86. The molecule has 192 valence electrons. The van der Waals surface area contributed by atoms with Crippen molar-refractivity contribution in [3.8, 4) is 11.5 Å². The van der Waals surface area contributed by atoms with Crippen molar-refractivity contribution in [3.63, 3.8) is 0 Å². The maximum Gasteiger partial charge on any atom is 0.573 e. The van der Waals surface area contributed by atoms with Crippen molar-refractivity contribution in [3.05, 3.63) is 23.8 Å². The summed E-state index contributed by atoms with van der Waals surface area (Å²) in [6, 6.07) is 0.377. The first kappa shape index (κ1) is 30.6. The van der Waals surface area contributed by atoms with Gasteiger partial charge in [0, 0.05) is 31.6 Å². The number of halogens is 8. The molecule has 1 aliphatic rings. The third kappa shape index (κ3) is 11.9. The van der Waals surface area contributed by atoms with Gasteiger partial charge in [0.05, 0.1) is 6.04 Å². The molecule has 0 fully saturated rings. The van der Waals surface area contributed by atoms with Crippen LogP contribution in [0.4, 0.5) is 35.1 Å². The summed E-state index contributed by atoms with van der Waals surface area (Å²) in [5.41, 5.74) is -0.513. The average Bonchev–Trinajstić information content (AvgIpc) is 2.67. The minimum atomic E-state index is -5.24. The van der Waals surface area contributed by atoms with E-state index in [9.17, 15) is 45.3 Å². The van der Waals surface area contributed by atoms with E-state index >= 15 is 0 Å². The molecule has 0 amide bonds. The Morgan fingerprint density at radius 3 is 1.85 bits per heavy atom. The van der Waals surface area contributed by atoms with Gasteiger partial charge < -0.3 is 29.5 Å². The largest absolute Gasteiger partial charge is 0.573 e. The number of aliphatic hydroxyl groups is 3. The molecular formula is C18H23F8NO6. The molecular weight excluding hydrogens is 478 g/mol. The predicted molar refractivity (Wildman–Crippen MR) is 98.0 cm³/mol. The first-order chi connectivity index (χ1) is 15.2. The van der Waals surface area contributed by atoms with Crippen LogP contribution in [-0.2, 0) is 4.74 Å². The van der Waals surface area contributed by atoms with Gasteiger partial charge >= 0.3 is 12.7 Å². The molecule has 0 bridgehead atoms. The molecule has 15 heteroatoms. The third-order valence-electron chi connectivity index (χ3n) is 3.42. The van der Waals surface area contributed by atoms with E-state index in [4.69, 9.17) is 9.84 Å². The zero-order chi connectivity index (χ0) is 26.0. The Hall–Kier alpha value is -2.39. The molecule has 3 unspecified atom stereocenters. The quantitative estimate of drug-likeness (QED) is 0.510. The van der Waals surface area contributed by atoms with E-state index in [-0.39, 0.29) is 6.42 Å². The van der Waals surface area contributed by atoms with E-state index in [2.05, 4.69) is 14.5 Å². The minimum absolute atomic E-state index is 0.308. The Morgan fingerprint density at radius 1 is 1.00 bits per heavy atom. The number of nitrogens with zero attached hydrogens (tertiary/aromatic N) is 1. The summed E-state index contributed by atoms with van der Waals surface area (Å²) in [4.78, 5) is 3.77. The summed E-state index contributed by atoms with van der Waals surface area (Å²) in [6.07, 6.45) is -18.3. The molecule has 1 aromatic carbocycles. The summed E-state index contributed by atoms with van der Waals surface area (Å²) < 4.78 is 112. The normalized spacial score (nSPS) is 19.2. The number of benzene rings is 1.